The van der Waals surface area contributed by atoms with E-state index in [4.69, 9.17) is 9.15 Å². The smallest absolute Gasteiger partial charge is 0.286 e. The van der Waals surface area contributed by atoms with Gasteiger partial charge in [-0.25, -0.2) is 0 Å². The molecule has 33 heavy (non-hydrogen) atoms. The molecule has 0 spiro atoms. The zero-order valence-corrected chi connectivity index (χ0v) is 18.9. The van der Waals surface area contributed by atoms with E-state index in [1.165, 1.54) is 0 Å². The fourth-order valence-corrected chi connectivity index (χ4v) is 3.57. The fourth-order valence-electron chi connectivity index (χ4n) is 2.92. The first-order chi connectivity index (χ1) is 16.0. The van der Waals surface area contributed by atoms with Gasteiger partial charge < -0.3 is 19.8 Å². The maximum absolute atomic E-state index is 12.5. The van der Waals surface area contributed by atoms with Crippen molar-refractivity contribution in [1.82, 2.24) is 15.5 Å². The van der Waals surface area contributed by atoms with Crippen LogP contribution in [0, 0.1) is 13.8 Å². The largest absolute Gasteiger partial charge is 0.486 e. The minimum Gasteiger partial charge on any atom is -0.486 e. The molecule has 8 nitrogen and oxygen atoms in total. The lowest BCUT2D eigenvalue weighted by atomic mass is 10.2. The Balaban J connectivity index is 1.28. The molecule has 2 heterocycles. The predicted molar refractivity (Wildman–Crippen MR) is 124 cm³/mol. The van der Waals surface area contributed by atoms with Gasteiger partial charge in [-0.3, -0.25) is 9.59 Å². The molecule has 0 saturated carbocycles. The van der Waals surface area contributed by atoms with E-state index in [1.807, 2.05) is 50.2 Å². The minimum absolute atomic E-state index is 0.230. The van der Waals surface area contributed by atoms with E-state index in [-0.39, 0.29) is 23.4 Å². The van der Waals surface area contributed by atoms with Crippen LogP contribution in [0.3, 0.4) is 0 Å². The molecule has 9 heteroatoms. The number of carbonyl (C=O) groups is 2. The van der Waals surface area contributed by atoms with Crippen LogP contribution in [0.1, 0.15) is 42.3 Å². The van der Waals surface area contributed by atoms with Crippen molar-refractivity contribution in [3.05, 3.63) is 93.3 Å². The van der Waals surface area contributed by atoms with Gasteiger partial charge in [0.2, 0.25) is 5.01 Å². The number of ether oxygens (including phenoxy) is 1. The summed E-state index contributed by atoms with van der Waals surface area (Å²) in [6.45, 7) is 4.39. The van der Waals surface area contributed by atoms with Crippen LogP contribution in [0.5, 0.6) is 5.75 Å². The van der Waals surface area contributed by atoms with Crippen LogP contribution in [0.15, 0.2) is 65.1 Å². The quantitative estimate of drug-likeness (QED) is 0.399. The average molecular weight is 463 g/mol. The number of benzene rings is 2. The number of nitrogens with one attached hydrogen (secondary N) is 2. The first kappa shape index (κ1) is 22.2. The third-order valence-corrected chi connectivity index (χ3v) is 5.56. The second-order valence-electron chi connectivity index (χ2n) is 7.33. The van der Waals surface area contributed by atoms with Crippen LogP contribution in [0.4, 0.5) is 5.69 Å². The van der Waals surface area contributed by atoms with Crippen molar-refractivity contribution < 1.29 is 18.7 Å². The Bertz CT molecular complexity index is 1250. The van der Waals surface area contributed by atoms with Gasteiger partial charge in [0.05, 0.1) is 6.54 Å². The zero-order chi connectivity index (χ0) is 23.2. The highest BCUT2D eigenvalue weighted by atomic mass is 32.1. The number of rotatable bonds is 8. The van der Waals surface area contributed by atoms with E-state index in [0.29, 0.717) is 28.6 Å². The molecule has 168 valence electrons. The molecule has 0 aliphatic rings. The van der Waals surface area contributed by atoms with Crippen LogP contribution in [0.25, 0.3) is 0 Å². The van der Waals surface area contributed by atoms with Crippen LogP contribution < -0.4 is 15.4 Å². The first-order valence-electron chi connectivity index (χ1n) is 10.2. The molecule has 4 rings (SSSR count). The Morgan fingerprint density at radius 1 is 0.939 bits per heavy atom. The number of amides is 2. The van der Waals surface area contributed by atoms with Crippen LogP contribution in [-0.2, 0) is 13.2 Å². The molecule has 0 atom stereocenters. The van der Waals surface area contributed by atoms with Crippen molar-refractivity contribution in [1.29, 1.82) is 0 Å². The molecule has 0 fully saturated rings. The summed E-state index contributed by atoms with van der Waals surface area (Å²) >= 11 is 1.16. The molecule has 2 amide bonds. The third kappa shape index (κ3) is 6.05. The van der Waals surface area contributed by atoms with Crippen molar-refractivity contribution in [3.8, 4) is 5.75 Å². The second kappa shape index (κ2) is 10.1. The SMILES string of the molecule is Cc1ccc(OCc2nnc(C(=O)Nc3ccc(C(=O)NCc4ccc(C)o4)cc3)s2)cc1. The fraction of sp³-hybridized carbons (Fsp3) is 0.167. The number of anilines is 1. The van der Waals surface area contributed by atoms with E-state index in [1.54, 1.807) is 24.3 Å². The summed E-state index contributed by atoms with van der Waals surface area (Å²) in [6, 6.07) is 17.9. The standard InChI is InChI=1S/C24H22N4O4S/c1-15-3-10-19(11-4-15)31-14-21-27-28-24(33-21)23(30)26-18-8-6-17(7-9-18)22(29)25-13-20-12-5-16(2)32-20/h3-12H,13-14H2,1-2H3,(H,25,29)(H,26,30). The molecule has 0 bridgehead atoms. The van der Waals surface area contributed by atoms with Crippen molar-refractivity contribution >= 4 is 28.8 Å². The Hall–Kier alpha value is -3.98. The maximum atomic E-state index is 12.5. The Morgan fingerprint density at radius 3 is 2.39 bits per heavy atom. The normalized spacial score (nSPS) is 10.6. The number of aromatic nitrogens is 2. The molecule has 0 unspecified atom stereocenters. The van der Waals surface area contributed by atoms with Gasteiger partial charge in [0, 0.05) is 11.3 Å². The Labute approximate surface area is 194 Å². The molecule has 0 saturated heterocycles. The van der Waals surface area contributed by atoms with Crippen LogP contribution in [0.2, 0.25) is 0 Å². The van der Waals surface area contributed by atoms with Gasteiger partial charge in [-0.1, -0.05) is 29.0 Å². The highest BCUT2D eigenvalue weighted by molar-refractivity contribution is 7.13. The third-order valence-electron chi connectivity index (χ3n) is 4.67. The molecule has 2 N–H and O–H groups in total. The lowest BCUT2D eigenvalue weighted by Crippen LogP contribution is -2.22. The molecule has 0 aliphatic carbocycles. The van der Waals surface area contributed by atoms with Crippen LogP contribution >= 0.6 is 11.3 Å². The van der Waals surface area contributed by atoms with Crippen molar-refractivity contribution in [2.75, 3.05) is 5.32 Å². The Kier molecular flexibility index (Phi) is 6.80. The molecule has 0 radical (unpaired) electrons. The summed E-state index contributed by atoms with van der Waals surface area (Å²) < 4.78 is 11.1. The molecular weight excluding hydrogens is 440 g/mol. The Morgan fingerprint density at radius 2 is 1.70 bits per heavy atom. The summed E-state index contributed by atoms with van der Waals surface area (Å²) in [7, 11) is 0. The monoisotopic (exact) mass is 462 g/mol. The summed E-state index contributed by atoms with van der Waals surface area (Å²) in [5.41, 5.74) is 2.17. The lowest BCUT2D eigenvalue weighted by Gasteiger charge is -2.06. The molecule has 2 aromatic heterocycles. The van der Waals surface area contributed by atoms with Gasteiger partial charge in [0.25, 0.3) is 11.8 Å². The van der Waals surface area contributed by atoms with Gasteiger partial charge in [-0.15, -0.1) is 10.2 Å². The summed E-state index contributed by atoms with van der Waals surface area (Å²) in [5, 5.41) is 14.3. The van der Waals surface area contributed by atoms with E-state index >= 15 is 0 Å². The predicted octanol–water partition coefficient (Wildman–Crippen LogP) is 4.51. The molecule has 4 aromatic rings. The lowest BCUT2D eigenvalue weighted by molar-refractivity contribution is 0.0947. The number of carbonyl (C=O) groups excluding carboxylic acids is 2. The molecule has 2 aromatic carbocycles. The van der Waals surface area contributed by atoms with E-state index in [0.717, 1.165) is 28.4 Å². The van der Waals surface area contributed by atoms with Crippen molar-refractivity contribution in [2.24, 2.45) is 0 Å². The molecular formula is C24H22N4O4S. The zero-order valence-electron chi connectivity index (χ0n) is 18.1. The number of hydrogen-bond donors (Lipinski definition) is 2. The number of hydrogen-bond acceptors (Lipinski definition) is 7. The maximum Gasteiger partial charge on any atom is 0.286 e. The number of aryl methyl sites for hydroxylation is 2. The van der Waals surface area contributed by atoms with Gasteiger partial charge in [0.15, 0.2) is 5.01 Å². The van der Waals surface area contributed by atoms with E-state index in [2.05, 4.69) is 20.8 Å². The topological polar surface area (TPSA) is 106 Å². The highest BCUT2D eigenvalue weighted by Gasteiger charge is 2.14. The average Bonchev–Trinajstić information content (AvgIpc) is 3.46. The molecule has 0 aliphatic heterocycles. The van der Waals surface area contributed by atoms with Gasteiger partial charge in [-0.05, 0) is 62.4 Å². The van der Waals surface area contributed by atoms with Gasteiger partial charge in [0.1, 0.15) is 23.9 Å². The summed E-state index contributed by atoms with van der Waals surface area (Å²) in [6.07, 6.45) is 0. The van der Waals surface area contributed by atoms with E-state index < -0.39 is 0 Å². The van der Waals surface area contributed by atoms with Gasteiger partial charge in [-0.2, -0.15) is 0 Å². The number of nitrogens with zero attached hydrogens (tertiary/aromatic N) is 2. The first-order valence-corrected chi connectivity index (χ1v) is 11.0. The summed E-state index contributed by atoms with van der Waals surface area (Å²) in [4.78, 5) is 24.8. The second-order valence-corrected chi connectivity index (χ2v) is 8.39. The summed E-state index contributed by atoms with van der Waals surface area (Å²) in [5.74, 6) is 1.60. The highest BCUT2D eigenvalue weighted by Crippen LogP contribution is 2.18. The van der Waals surface area contributed by atoms with Crippen molar-refractivity contribution in [3.63, 3.8) is 0 Å². The van der Waals surface area contributed by atoms with Crippen molar-refractivity contribution in [2.45, 2.75) is 27.0 Å². The van der Waals surface area contributed by atoms with E-state index in [9.17, 15) is 9.59 Å². The van der Waals surface area contributed by atoms with Crippen LogP contribution in [-0.4, -0.2) is 22.0 Å². The number of furan rings is 1. The minimum atomic E-state index is -0.375. The van der Waals surface area contributed by atoms with Gasteiger partial charge >= 0.3 is 0 Å².